The highest BCUT2D eigenvalue weighted by Crippen LogP contribution is 2.25. The molecule has 0 fully saturated rings. The molecular formula is C22H20N2O3. The summed E-state index contributed by atoms with van der Waals surface area (Å²) >= 11 is 0. The minimum atomic E-state index is -0.333. The van der Waals surface area contributed by atoms with Crippen LogP contribution >= 0.6 is 0 Å². The van der Waals surface area contributed by atoms with E-state index in [0.29, 0.717) is 28.3 Å². The molecule has 0 bridgehead atoms. The Bertz CT molecular complexity index is 983. The van der Waals surface area contributed by atoms with Gasteiger partial charge in [0, 0.05) is 5.56 Å². The second-order valence-electron chi connectivity index (χ2n) is 5.97. The minimum Gasteiger partial charge on any atom is -0.495 e. The molecule has 5 nitrogen and oxygen atoms in total. The Balaban J connectivity index is 1.84. The van der Waals surface area contributed by atoms with E-state index < -0.39 is 0 Å². The number of aryl methyl sites for hydroxylation is 1. The van der Waals surface area contributed by atoms with Gasteiger partial charge in [0.2, 0.25) is 0 Å². The van der Waals surface area contributed by atoms with Gasteiger partial charge in [0.1, 0.15) is 5.75 Å². The lowest BCUT2D eigenvalue weighted by molar-refractivity contribution is 0.102. The predicted octanol–water partition coefficient (Wildman–Crippen LogP) is 4.51. The summed E-state index contributed by atoms with van der Waals surface area (Å²) in [6, 6.07) is 21.3. The third-order valence-corrected chi connectivity index (χ3v) is 4.16. The highest BCUT2D eigenvalue weighted by atomic mass is 16.5. The Labute approximate surface area is 158 Å². The van der Waals surface area contributed by atoms with Crippen molar-refractivity contribution in [3.63, 3.8) is 0 Å². The standard InChI is InChI=1S/C22H20N2O3/c1-15-9-3-4-10-16(15)21(25)23-18-12-6-5-11-17(18)22(26)24-19-13-7-8-14-20(19)27-2/h3-14H,1-2H3,(H,23,25)(H,24,26). The molecule has 136 valence electrons. The maximum absolute atomic E-state index is 12.8. The highest BCUT2D eigenvalue weighted by molar-refractivity contribution is 6.13. The molecule has 0 aromatic heterocycles. The first kappa shape index (κ1) is 18.2. The molecule has 2 amide bonds. The lowest BCUT2D eigenvalue weighted by Crippen LogP contribution is -2.19. The van der Waals surface area contributed by atoms with Gasteiger partial charge in [0.25, 0.3) is 11.8 Å². The summed E-state index contributed by atoms with van der Waals surface area (Å²) in [7, 11) is 1.54. The van der Waals surface area contributed by atoms with Crippen LogP contribution in [0.15, 0.2) is 72.8 Å². The minimum absolute atomic E-state index is 0.259. The van der Waals surface area contributed by atoms with E-state index in [1.165, 1.54) is 0 Å². The first-order valence-electron chi connectivity index (χ1n) is 8.50. The van der Waals surface area contributed by atoms with E-state index in [4.69, 9.17) is 4.74 Å². The Morgan fingerprint density at radius 3 is 1.93 bits per heavy atom. The second-order valence-corrected chi connectivity index (χ2v) is 5.97. The quantitative estimate of drug-likeness (QED) is 0.703. The fraction of sp³-hybridized carbons (Fsp3) is 0.0909. The van der Waals surface area contributed by atoms with Gasteiger partial charge in [-0.3, -0.25) is 9.59 Å². The van der Waals surface area contributed by atoms with Crippen LogP contribution in [0, 0.1) is 6.92 Å². The van der Waals surface area contributed by atoms with Crippen LogP contribution in [-0.2, 0) is 0 Å². The lowest BCUT2D eigenvalue weighted by atomic mass is 10.1. The van der Waals surface area contributed by atoms with Gasteiger partial charge in [0.15, 0.2) is 0 Å². The van der Waals surface area contributed by atoms with E-state index >= 15 is 0 Å². The zero-order chi connectivity index (χ0) is 19.2. The van der Waals surface area contributed by atoms with Crippen molar-refractivity contribution in [1.82, 2.24) is 0 Å². The molecule has 3 rings (SSSR count). The molecular weight excluding hydrogens is 340 g/mol. The number of hydrogen-bond donors (Lipinski definition) is 2. The normalized spacial score (nSPS) is 10.1. The average Bonchev–Trinajstić information content (AvgIpc) is 2.69. The first-order valence-corrected chi connectivity index (χ1v) is 8.50. The smallest absolute Gasteiger partial charge is 0.257 e. The number of ether oxygens (including phenoxy) is 1. The molecule has 0 heterocycles. The van der Waals surface area contributed by atoms with Gasteiger partial charge in [-0.15, -0.1) is 0 Å². The van der Waals surface area contributed by atoms with Crippen molar-refractivity contribution in [2.45, 2.75) is 6.92 Å². The maximum atomic E-state index is 12.8. The third kappa shape index (κ3) is 4.15. The van der Waals surface area contributed by atoms with Crippen molar-refractivity contribution in [3.05, 3.63) is 89.5 Å². The largest absolute Gasteiger partial charge is 0.495 e. The summed E-state index contributed by atoms with van der Waals surface area (Å²) in [5, 5.41) is 5.66. The summed E-state index contributed by atoms with van der Waals surface area (Å²) in [5.41, 5.74) is 2.80. The van der Waals surface area contributed by atoms with Crippen molar-refractivity contribution in [1.29, 1.82) is 0 Å². The molecule has 0 saturated heterocycles. The van der Waals surface area contributed by atoms with Gasteiger partial charge in [-0.2, -0.15) is 0 Å². The maximum Gasteiger partial charge on any atom is 0.257 e. The zero-order valence-corrected chi connectivity index (χ0v) is 15.2. The van der Waals surface area contributed by atoms with Crippen LogP contribution in [0.4, 0.5) is 11.4 Å². The van der Waals surface area contributed by atoms with E-state index in [2.05, 4.69) is 10.6 Å². The molecule has 3 aromatic carbocycles. The molecule has 0 spiro atoms. The van der Waals surface area contributed by atoms with Crippen LogP contribution in [0.5, 0.6) is 5.75 Å². The molecule has 0 unspecified atom stereocenters. The number of carbonyl (C=O) groups excluding carboxylic acids is 2. The molecule has 5 heteroatoms. The first-order chi connectivity index (χ1) is 13.1. The highest BCUT2D eigenvalue weighted by Gasteiger charge is 2.16. The van der Waals surface area contributed by atoms with Crippen molar-refractivity contribution in [2.75, 3.05) is 17.7 Å². The van der Waals surface area contributed by atoms with Gasteiger partial charge >= 0.3 is 0 Å². The summed E-state index contributed by atoms with van der Waals surface area (Å²) in [6.07, 6.45) is 0. The monoisotopic (exact) mass is 360 g/mol. The molecule has 0 radical (unpaired) electrons. The topological polar surface area (TPSA) is 67.4 Å². The molecule has 0 aliphatic carbocycles. The van der Waals surface area contributed by atoms with Crippen LogP contribution in [0.2, 0.25) is 0 Å². The van der Waals surface area contributed by atoms with Gasteiger partial charge in [0.05, 0.1) is 24.0 Å². The van der Waals surface area contributed by atoms with E-state index in [0.717, 1.165) is 5.56 Å². The SMILES string of the molecule is COc1ccccc1NC(=O)c1ccccc1NC(=O)c1ccccc1C. The number of hydrogen-bond acceptors (Lipinski definition) is 3. The fourth-order valence-corrected chi connectivity index (χ4v) is 2.74. The Morgan fingerprint density at radius 1 is 0.704 bits per heavy atom. The van der Waals surface area contributed by atoms with E-state index in [9.17, 15) is 9.59 Å². The third-order valence-electron chi connectivity index (χ3n) is 4.16. The van der Waals surface area contributed by atoms with Crippen LogP contribution in [-0.4, -0.2) is 18.9 Å². The zero-order valence-electron chi connectivity index (χ0n) is 15.2. The number of benzene rings is 3. The van der Waals surface area contributed by atoms with E-state index in [1.807, 2.05) is 37.3 Å². The van der Waals surface area contributed by atoms with Gasteiger partial charge in [-0.1, -0.05) is 42.5 Å². The van der Waals surface area contributed by atoms with Crippen molar-refractivity contribution in [3.8, 4) is 5.75 Å². The molecule has 27 heavy (non-hydrogen) atoms. The number of para-hydroxylation sites is 3. The summed E-state index contributed by atoms with van der Waals surface area (Å²) in [6.45, 7) is 1.87. The van der Waals surface area contributed by atoms with Crippen LogP contribution < -0.4 is 15.4 Å². The summed E-state index contributed by atoms with van der Waals surface area (Å²) in [5.74, 6) is -0.0295. The van der Waals surface area contributed by atoms with Crippen LogP contribution in [0.3, 0.4) is 0 Å². The van der Waals surface area contributed by atoms with E-state index in [1.54, 1.807) is 49.6 Å². The number of anilines is 2. The molecule has 0 atom stereocenters. The van der Waals surface area contributed by atoms with Crippen molar-refractivity contribution >= 4 is 23.2 Å². The number of rotatable bonds is 5. The van der Waals surface area contributed by atoms with Crippen LogP contribution in [0.25, 0.3) is 0 Å². The van der Waals surface area contributed by atoms with Gasteiger partial charge in [-0.25, -0.2) is 0 Å². The fourth-order valence-electron chi connectivity index (χ4n) is 2.74. The summed E-state index contributed by atoms with van der Waals surface area (Å²) < 4.78 is 5.26. The Morgan fingerprint density at radius 2 is 1.22 bits per heavy atom. The number of nitrogens with one attached hydrogen (secondary N) is 2. The Hall–Kier alpha value is -3.60. The van der Waals surface area contributed by atoms with Crippen LogP contribution in [0.1, 0.15) is 26.3 Å². The molecule has 2 N–H and O–H groups in total. The molecule has 0 aliphatic rings. The number of methoxy groups -OCH3 is 1. The second kappa shape index (κ2) is 8.19. The van der Waals surface area contributed by atoms with Crippen molar-refractivity contribution < 1.29 is 14.3 Å². The predicted molar refractivity (Wildman–Crippen MR) is 107 cm³/mol. The number of carbonyl (C=O) groups is 2. The molecule has 0 aliphatic heterocycles. The number of amides is 2. The molecule has 0 saturated carbocycles. The average molecular weight is 360 g/mol. The van der Waals surface area contributed by atoms with Gasteiger partial charge < -0.3 is 15.4 Å². The van der Waals surface area contributed by atoms with Crippen molar-refractivity contribution in [2.24, 2.45) is 0 Å². The Kier molecular flexibility index (Phi) is 5.52. The summed E-state index contributed by atoms with van der Waals surface area (Å²) in [4.78, 5) is 25.4. The van der Waals surface area contributed by atoms with E-state index in [-0.39, 0.29) is 11.8 Å². The molecule has 3 aromatic rings. The lowest BCUT2D eigenvalue weighted by Gasteiger charge is -2.13. The van der Waals surface area contributed by atoms with Gasteiger partial charge in [-0.05, 0) is 42.8 Å².